The molecule has 0 radical (unpaired) electrons. The van der Waals surface area contributed by atoms with Gasteiger partial charge in [0.1, 0.15) is 23.8 Å². The van der Waals surface area contributed by atoms with Gasteiger partial charge in [-0.3, -0.25) is 14.3 Å². The molecule has 0 aliphatic rings. The maximum absolute atomic E-state index is 12.6. The third-order valence-corrected chi connectivity index (χ3v) is 4.42. The number of furan rings is 1. The Bertz CT molecular complexity index is 1040. The fourth-order valence-corrected chi connectivity index (χ4v) is 2.81. The Morgan fingerprint density at radius 1 is 1.17 bits per heavy atom. The van der Waals surface area contributed by atoms with Gasteiger partial charge < -0.3 is 19.8 Å². The van der Waals surface area contributed by atoms with E-state index in [1.807, 2.05) is 45.0 Å². The highest BCUT2D eigenvalue weighted by molar-refractivity contribution is 6.07. The first-order valence-electron chi connectivity index (χ1n) is 9.74. The number of carbonyl (C=O) groups excluding carboxylic acids is 2. The third kappa shape index (κ3) is 5.08. The van der Waals surface area contributed by atoms with Crippen LogP contribution in [0.5, 0.6) is 5.75 Å². The average Bonchev–Trinajstić information content (AvgIpc) is 3.32. The van der Waals surface area contributed by atoms with E-state index in [0.717, 1.165) is 11.3 Å². The summed E-state index contributed by atoms with van der Waals surface area (Å²) in [6.07, 6.45) is 1.44. The first kappa shape index (κ1) is 21.2. The van der Waals surface area contributed by atoms with Gasteiger partial charge >= 0.3 is 0 Å². The molecule has 2 amide bonds. The van der Waals surface area contributed by atoms with Gasteiger partial charge in [0.25, 0.3) is 11.8 Å². The number of para-hydroxylation sites is 1. The number of amides is 2. The lowest BCUT2D eigenvalue weighted by Gasteiger charge is -2.10. The van der Waals surface area contributed by atoms with Crippen molar-refractivity contribution < 1.29 is 18.7 Å². The highest BCUT2D eigenvalue weighted by Crippen LogP contribution is 2.20. The lowest BCUT2D eigenvalue weighted by atomic mass is 10.2. The Hall–Kier alpha value is -3.55. The van der Waals surface area contributed by atoms with Crippen molar-refractivity contribution in [3.05, 3.63) is 65.4 Å². The zero-order valence-electron chi connectivity index (χ0n) is 17.6. The third-order valence-electron chi connectivity index (χ3n) is 4.42. The quantitative estimate of drug-likeness (QED) is 0.592. The van der Waals surface area contributed by atoms with Crippen LogP contribution in [0.3, 0.4) is 0 Å². The molecular formula is C22H26N4O4. The fourth-order valence-electron chi connectivity index (χ4n) is 2.81. The zero-order chi connectivity index (χ0) is 21.7. The van der Waals surface area contributed by atoms with E-state index in [0.29, 0.717) is 23.9 Å². The van der Waals surface area contributed by atoms with Crippen molar-refractivity contribution in [2.45, 2.75) is 27.4 Å². The number of hydrogen-bond acceptors (Lipinski definition) is 5. The Morgan fingerprint density at radius 3 is 2.67 bits per heavy atom. The molecule has 8 nitrogen and oxygen atoms in total. The molecule has 0 bridgehead atoms. The van der Waals surface area contributed by atoms with Crippen molar-refractivity contribution in [2.24, 2.45) is 13.0 Å². The van der Waals surface area contributed by atoms with Crippen molar-refractivity contribution in [3.63, 3.8) is 0 Å². The Labute approximate surface area is 175 Å². The molecule has 3 rings (SSSR count). The molecule has 0 spiro atoms. The van der Waals surface area contributed by atoms with Gasteiger partial charge in [-0.25, -0.2) is 0 Å². The van der Waals surface area contributed by atoms with E-state index in [2.05, 4.69) is 15.7 Å². The second kappa shape index (κ2) is 9.30. The number of hydrogen-bond donors (Lipinski definition) is 2. The Balaban J connectivity index is 1.65. The average molecular weight is 410 g/mol. The molecule has 1 aromatic carbocycles. The highest BCUT2D eigenvalue weighted by Gasteiger charge is 2.20. The van der Waals surface area contributed by atoms with Crippen LogP contribution in [0, 0.1) is 12.8 Å². The molecule has 0 aliphatic heterocycles. The second-order valence-corrected chi connectivity index (χ2v) is 7.41. The van der Waals surface area contributed by atoms with Gasteiger partial charge in [0, 0.05) is 13.6 Å². The normalized spacial score (nSPS) is 10.8. The summed E-state index contributed by atoms with van der Waals surface area (Å²) in [4.78, 5) is 25.0. The van der Waals surface area contributed by atoms with Crippen LogP contribution in [0.4, 0.5) is 5.69 Å². The van der Waals surface area contributed by atoms with Gasteiger partial charge in [0.2, 0.25) is 0 Å². The van der Waals surface area contributed by atoms with Crippen molar-refractivity contribution in [1.29, 1.82) is 0 Å². The number of carbonyl (C=O) groups is 2. The number of aryl methyl sites for hydroxylation is 2. The molecular weight excluding hydrogens is 384 g/mol. The molecule has 0 aliphatic carbocycles. The van der Waals surface area contributed by atoms with Gasteiger partial charge in [-0.15, -0.1) is 0 Å². The Morgan fingerprint density at radius 2 is 1.93 bits per heavy atom. The maximum Gasteiger partial charge on any atom is 0.291 e. The molecule has 2 N–H and O–H groups in total. The fraction of sp³-hybridized carbons (Fsp3) is 0.318. The predicted molar refractivity (Wildman–Crippen MR) is 113 cm³/mol. The van der Waals surface area contributed by atoms with Crippen molar-refractivity contribution in [3.8, 4) is 5.75 Å². The molecule has 2 aromatic heterocycles. The summed E-state index contributed by atoms with van der Waals surface area (Å²) < 4.78 is 12.8. The number of benzene rings is 1. The van der Waals surface area contributed by atoms with Crippen LogP contribution in [-0.4, -0.2) is 28.1 Å². The first-order valence-corrected chi connectivity index (χ1v) is 9.74. The monoisotopic (exact) mass is 410 g/mol. The van der Waals surface area contributed by atoms with Gasteiger partial charge in [-0.05, 0) is 36.6 Å². The van der Waals surface area contributed by atoms with Crippen LogP contribution >= 0.6 is 0 Å². The van der Waals surface area contributed by atoms with Gasteiger partial charge in [0.05, 0.1) is 11.9 Å². The van der Waals surface area contributed by atoms with Crippen LogP contribution < -0.4 is 15.4 Å². The molecule has 0 fully saturated rings. The molecule has 0 saturated heterocycles. The lowest BCUT2D eigenvalue weighted by Crippen LogP contribution is -2.30. The molecule has 0 atom stereocenters. The van der Waals surface area contributed by atoms with Crippen LogP contribution in [0.15, 0.2) is 47.0 Å². The van der Waals surface area contributed by atoms with E-state index < -0.39 is 5.91 Å². The number of nitrogens with zero attached hydrogens (tertiary/aromatic N) is 2. The summed E-state index contributed by atoms with van der Waals surface area (Å²) in [6, 6.07) is 10.9. The zero-order valence-corrected chi connectivity index (χ0v) is 17.6. The summed E-state index contributed by atoms with van der Waals surface area (Å²) in [5, 5.41) is 9.60. The number of nitrogens with one attached hydrogen (secondary N) is 2. The molecule has 30 heavy (non-hydrogen) atoms. The SMILES string of the molecule is Cc1ccccc1OCc1ccc(C(=O)Nc2cnn(C)c2C(=O)NCC(C)C)o1. The minimum absolute atomic E-state index is 0.121. The van der Waals surface area contributed by atoms with Crippen molar-refractivity contribution >= 4 is 17.5 Å². The topological polar surface area (TPSA) is 98.4 Å². The minimum Gasteiger partial charge on any atom is -0.485 e. The largest absolute Gasteiger partial charge is 0.485 e. The summed E-state index contributed by atoms with van der Waals surface area (Å²) in [5.41, 5.74) is 1.61. The van der Waals surface area contributed by atoms with Crippen LogP contribution in [0.1, 0.15) is 46.2 Å². The maximum atomic E-state index is 12.6. The smallest absolute Gasteiger partial charge is 0.291 e. The van der Waals surface area contributed by atoms with E-state index in [-0.39, 0.29) is 24.0 Å². The predicted octanol–water partition coefficient (Wildman–Crippen LogP) is 3.54. The first-order chi connectivity index (χ1) is 14.3. The van der Waals surface area contributed by atoms with Gasteiger partial charge in [-0.2, -0.15) is 5.10 Å². The number of aromatic nitrogens is 2. The molecule has 2 heterocycles. The summed E-state index contributed by atoms with van der Waals surface area (Å²) in [6.45, 7) is 6.69. The molecule has 0 unspecified atom stereocenters. The summed E-state index contributed by atoms with van der Waals surface area (Å²) in [7, 11) is 1.65. The number of anilines is 1. The van der Waals surface area contributed by atoms with E-state index in [1.165, 1.54) is 10.9 Å². The minimum atomic E-state index is -0.469. The van der Waals surface area contributed by atoms with Crippen molar-refractivity contribution in [1.82, 2.24) is 15.1 Å². The van der Waals surface area contributed by atoms with Crippen LogP contribution in [-0.2, 0) is 13.7 Å². The number of ether oxygens (including phenoxy) is 1. The van der Waals surface area contributed by atoms with Gasteiger partial charge in [0.15, 0.2) is 5.76 Å². The molecule has 0 saturated carbocycles. The molecule has 8 heteroatoms. The Kier molecular flexibility index (Phi) is 6.56. The number of rotatable bonds is 8. The van der Waals surface area contributed by atoms with E-state index in [9.17, 15) is 9.59 Å². The van der Waals surface area contributed by atoms with Crippen LogP contribution in [0.2, 0.25) is 0 Å². The van der Waals surface area contributed by atoms with E-state index in [4.69, 9.17) is 9.15 Å². The standard InChI is InChI=1S/C22H26N4O4/c1-14(2)11-23-22(28)20-17(12-24-26(20)4)25-21(27)19-10-9-16(30-19)13-29-18-8-6-5-7-15(18)3/h5-10,12,14H,11,13H2,1-4H3,(H,23,28)(H,25,27). The van der Waals surface area contributed by atoms with Gasteiger partial charge in [-0.1, -0.05) is 32.0 Å². The lowest BCUT2D eigenvalue weighted by molar-refractivity contribution is 0.0940. The molecule has 158 valence electrons. The summed E-state index contributed by atoms with van der Waals surface area (Å²) >= 11 is 0. The van der Waals surface area contributed by atoms with Crippen LogP contribution in [0.25, 0.3) is 0 Å². The van der Waals surface area contributed by atoms with E-state index >= 15 is 0 Å². The highest BCUT2D eigenvalue weighted by atomic mass is 16.5. The second-order valence-electron chi connectivity index (χ2n) is 7.41. The molecule has 3 aromatic rings. The van der Waals surface area contributed by atoms with Crippen molar-refractivity contribution in [2.75, 3.05) is 11.9 Å². The summed E-state index contributed by atoms with van der Waals surface area (Å²) in [5.74, 6) is 0.935. The van der Waals surface area contributed by atoms with E-state index in [1.54, 1.807) is 19.2 Å².